The summed E-state index contributed by atoms with van der Waals surface area (Å²) in [5, 5.41) is 13.0. The minimum atomic E-state index is -0.704. The number of nitrogens with zero attached hydrogens (tertiary/aromatic N) is 3. The lowest BCUT2D eigenvalue weighted by Gasteiger charge is -2.10. The fourth-order valence-corrected chi connectivity index (χ4v) is 2.33. The van der Waals surface area contributed by atoms with Crippen LogP contribution in [0.5, 0.6) is 0 Å². The van der Waals surface area contributed by atoms with E-state index in [-0.39, 0.29) is 5.97 Å². The average Bonchev–Trinajstić information content (AvgIpc) is 2.84. The molecule has 1 aliphatic heterocycles. The fourth-order valence-electron chi connectivity index (χ4n) is 2.33. The molecule has 0 radical (unpaired) electrons. The van der Waals surface area contributed by atoms with E-state index in [0.717, 1.165) is 11.4 Å². The Morgan fingerprint density at radius 3 is 2.95 bits per heavy atom. The summed E-state index contributed by atoms with van der Waals surface area (Å²) in [4.78, 5) is 19.7. The van der Waals surface area contributed by atoms with Crippen LogP contribution >= 0.6 is 0 Å². The molecule has 7 heteroatoms. The summed E-state index contributed by atoms with van der Waals surface area (Å²) < 4.78 is 6.57. The van der Waals surface area contributed by atoms with Gasteiger partial charge in [-0.1, -0.05) is 12.1 Å². The van der Waals surface area contributed by atoms with Gasteiger partial charge in [0.15, 0.2) is 0 Å². The number of anilines is 1. The highest BCUT2D eigenvalue weighted by molar-refractivity contribution is 5.89. The highest BCUT2D eigenvalue weighted by Crippen LogP contribution is 2.24. The van der Waals surface area contributed by atoms with Crippen molar-refractivity contribution in [1.82, 2.24) is 9.55 Å². The fraction of sp³-hybridized carbons (Fsp3) is 0.267. The van der Waals surface area contributed by atoms with Gasteiger partial charge in [0.25, 0.3) is 0 Å². The minimum absolute atomic E-state index is 0.296. The van der Waals surface area contributed by atoms with Crippen LogP contribution in [0.3, 0.4) is 0 Å². The highest BCUT2D eigenvalue weighted by Gasteiger charge is 2.19. The smallest absolute Gasteiger partial charge is 0.337 e. The van der Waals surface area contributed by atoms with Crippen molar-refractivity contribution in [2.45, 2.75) is 12.6 Å². The molecule has 22 heavy (non-hydrogen) atoms. The molecule has 3 rings (SSSR count). The lowest BCUT2D eigenvalue weighted by atomic mass is 10.1. The van der Waals surface area contributed by atoms with Crippen molar-refractivity contribution in [3.63, 3.8) is 0 Å². The number of ether oxygens (including phenoxy) is 1. The Morgan fingerprint density at radius 2 is 2.23 bits per heavy atom. The molecule has 114 valence electrons. The van der Waals surface area contributed by atoms with Crippen LogP contribution in [0.15, 0.2) is 35.6 Å². The number of esters is 1. The Bertz CT molecular complexity index is 706. The van der Waals surface area contributed by atoms with Gasteiger partial charge < -0.3 is 19.7 Å². The molecule has 0 bridgehead atoms. The Hall–Kier alpha value is -2.67. The topological polar surface area (TPSA) is 88.7 Å². The average molecular weight is 300 g/mol. The molecule has 0 aliphatic carbocycles. The van der Waals surface area contributed by atoms with E-state index in [2.05, 4.69) is 20.0 Å². The van der Waals surface area contributed by atoms with Gasteiger partial charge in [-0.25, -0.2) is 9.78 Å². The van der Waals surface area contributed by atoms with E-state index in [1.807, 2.05) is 16.7 Å². The molecule has 1 aromatic carbocycles. The van der Waals surface area contributed by atoms with Crippen molar-refractivity contribution in [3.8, 4) is 0 Å². The Labute approximate surface area is 127 Å². The van der Waals surface area contributed by atoms with Gasteiger partial charge in [-0.2, -0.15) is 0 Å². The molecule has 0 fully saturated rings. The molecule has 2 aromatic rings. The maximum Gasteiger partial charge on any atom is 0.337 e. The van der Waals surface area contributed by atoms with Gasteiger partial charge in [0.05, 0.1) is 38.4 Å². The molecule has 2 N–H and O–H groups in total. The molecule has 1 aromatic heterocycles. The first-order chi connectivity index (χ1) is 10.7. The van der Waals surface area contributed by atoms with Crippen molar-refractivity contribution in [2.75, 3.05) is 19.0 Å². The number of rotatable bonds is 3. The molecule has 0 saturated carbocycles. The third-order valence-corrected chi connectivity index (χ3v) is 3.48. The number of aliphatic imine (C=N–C) groups is 1. The number of aromatic nitrogens is 2. The highest BCUT2D eigenvalue weighted by atomic mass is 16.5. The Kier molecular flexibility index (Phi) is 3.88. The van der Waals surface area contributed by atoms with Gasteiger partial charge in [-0.3, -0.25) is 4.99 Å². The van der Waals surface area contributed by atoms with Crippen LogP contribution in [0, 0.1) is 0 Å². The van der Waals surface area contributed by atoms with Gasteiger partial charge in [0.1, 0.15) is 17.6 Å². The predicted molar refractivity (Wildman–Crippen MR) is 81.1 cm³/mol. The molecule has 0 amide bonds. The third kappa shape index (κ3) is 2.71. The molecule has 0 spiro atoms. The quantitative estimate of drug-likeness (QED) is 0.832. The van der Waals surface area contributed by atoms with Gasteiger partial charge in [0, 0.05) is 0 Å². The monoisotopic (exact) mass is 300 g/mol. The molecular weight excluding hydrogens is 284 g/mol. The van der Waals surface area contributed by atoms with Gasteiger partial charge in [0.2, 0.25) is 0 Å². The van der Waals surface area contributed by atoms with E-state index in [1.54, 1.807) is 24.8 Å². The van der Waals surface area contributed by atoms with Crippen LogP contribution < -0.4 is 5.32 Å². The van der Waals surface area contributed by atoms with E-state index in [4.69, 9.17) is 0 Å². The first-order valence-electron chi connectivity index (χ1n) is 6.84. The molecule has 7 nitrogen and oxygen atoms in total. The Balaban J connectivity index is 1.82. The summed E-state index contributed by atoms with van der Waals surface area (Å²) in [5.41, 5.74) is 2.10. The summed E-state index contributed by atoms with van der Waals surface area (Å²) in [6.07, 6.45) is 2.53. The molecule has 1 unspecified atom stereocenters. The number of hydrogen-bond acceptors (Lipinski definition) is 6. The second kappa shape index (κ2) is 5.98. The normalized spacial score (nSPS) is 16.5. The number of aliphatic hydroxyl groups excluding tert-OH is 1. The van der Waals surface area contributed by atoms with E-state index < -0.39 is 6.10 Å². The summed E-state index contributed by atoms with van der Waals surface area (Å²) in [6.45, 7) is 0.863. The lowest BCUT2D eigenvalue weighted by Crippen LogP contribution is -2.07. The number of carbonyl (C=O) groups excluding carboxylic acids is 1. The predicted octanol–water partition coefficient (Wildman–Crippen LogP) is 1.21. The summed E-state index contributed by atoms with van der Waals surface area (Å²) in [7, 11) is 1.36. The van der Waals surface area contributed by atoms with Gasteiger partial charge >= 0.3 is 5.97 Å². The lowest BCUT2D eigenvalue weighted by molar-refractivity contribution is 0.0600. The Morgan fingerprint density at radius 1 is 1.45 bits per heavy atom. The standard InChI is InChI=1S/C15H16N4O3/c1-22-15(21)11-4-2-10(3-5-11)7-19-9-18-13-12(20)6-16-8-17-14(13)19/h2-5,8-9,12,20H,6-7H2,1H3,(H,16,17). The van der Waals surface area contributed by atoms with E-state index in [9.17, 15) is 9.90 Å². The molecular formula is C15H16N4O3. The number of nitrogens with one attached hydrogen (secondary N) is 1. The van der Waals surface area contributed by atoms with Crippen molar-refractivity contribution < 1.29 is 14.6 Å². The van der Waals surface area contributed by atoms with Crippen LogP contribution in [-0.2, 0) is 11.3 Å². The van der Waals surface area contributed by atoms with Crippen molar-refractivity contribution in [2.24, 2.45) is 4.99 Å². The van der Waals surface area contributed by atoms with Crippen LogP contribution in [-0.4, -0.2) is 40.6 Å². The van der Waals surface area contributed by atoms with Gasteiger partial charge in [-0.15, -0.1) is 0 Å². The van der Waals surface area contributed by atoms with E-state index in [0.29, 0.717) is 24.3 Å². The second-order valence-corrected chi connectivity index (χ2v) is 4.95. The van der Waals surface area contributed by atoms with Crippen LogP contribution in [0.4, 0.5) is 5.82 Å². The van der Waals surface area contributed by atoms with E-state index >= 15 is 0 Å². The SMILES string of the molecule is COC(=O)c1ccc(Cn2cnc3c2NC=NCC3O)cc1. The van der Waals surface area contributed by atoms with Crippen molar-refractivity contribution in [3.05, 3.63) is 47.4 Å². The second-order valence-electron chi connectivity index (χ2n) is 4.95. The van der Waals surface area contributed by atoms with Crippen molar-refractivity contribution in [1.29, 1.82) is 0 Å². The van der Waals surface area contributed by atoms with Crippen LogP contribution in [0.2, 0.25) is 0 Å². The summed E-state index contributed by atoms with van der Waals surface area (Å²) >= 11 is 0. The zero-order chi connectivity index (χ0) is 15.5. The number of methoxy groups -OCH3 is 1. The number of imidazole rings is 1. The number of hydrogen-bond donors (Lipinski definition) is 2. The largest absolute Gasteiger partial charge is 0.465 e. The molecule has 1 aliphatic rings. The third-order valence-electron chi connectivity index (χ3n) is 3.48. The molecule has 1 atom stereocenters. The molecule has 2 heterocycles. The number of aliphatic hydroxyl groups is 1. The zero-order valence-electron chi connectivity index (χ0n) is 12.1. The number of benzene rings is 1. The number of fused-ring (bicyclic) bond motifs is 1. The van der Waals surface area contributed by atoms with Crippen LogP contribution in [0.1, 0.15) is 27.7 Å². The summed E-state index contributed by atoms with van der Waals surface area (Å²) in [6, 6.07) is 7.17. The number of carbonyl (C=O) groups is 1. The maximum absolute atomic E-state index is 11.4. The van der Waals surface area contributed by atoms with E-state index in [1.165, 1.54) is 7.11 Å². The summed E-state index contributed by atoms with van der Waals surface area (Å²) in [5.74, 6) is 0.370. The van der Waals surface area contributed by atoms with Crippen molar-refractivity contribution >= 4 is 18.1 Å². The zero-order valence-corrected chi connectivity index (χ0v) is 12.1. The maximum atomic E-state index is 11.4. The molecule has 0 saturated heterocycles. The first kappa shape index (κ1) is 14.3. The first-order valence-corrected chi connectivity index (χ1v) is 6.84. The van der Waals surface area contributed by atoms with Gasteiger partial charge in [-0.05, 0) is 17.7 Å². The minimum Gasteiger partial charge on any atom is -0.465 e. The van der Waals surface area contributed by atoms with Crippen LogP contribution in [0.25, 0.3) is 0 Å².